The molecule has 0 saturated carbocycles. The van der Waals surface area contributed by atoms with Crippen LogP contribution < -0.4 is 11.1 Å². The number of nitrogen functional groups attached to an aromatic ring is 1. The summed E-state index contributed by atoms with van der Waals surface area (Å²) in [5, 5.41) is 12.3. The van der Waals surface area contributed by atoms with Gasteiger partial charge in [-0.2, -0.15) is 0 Å². The fourth-order valence-electron chi connectivity index (χ4n) is 0.736. The summed E-state index contributed by atoms with van der Waals surface area (Å²) in [6.45, 7) is 3.85. The predicted octanol–water partition coefficient (Wildman–Crippen LogP) is 0.242. The molecule has 13 heavy (non-hydrogen) atoms. The van der Waals surface area contributed by atoms with Crippen LogP contribution in [0.15, 0.2) is 12.4 Å². The van der Waals surface area contributed by atoms with Crippen molar-refractivity contribution < 1.29 is 5.11 Å². The molecule has 0 spiro atoms. The van der Waals surface area contributed by atoms with Gasteiger partial charge in [-0.05, 0) is 13.8 Å². The van der Waals surface area contributed by atoms with E-state index in [-0.39, 0.29) is 0 Å². The first-order chi connectivity index (χ1) is 5.97. The van der Waals surface area contributed by atoms with Crippen LogP contribution in [0.4, 0.5) is 11.6 Å². The molecule has 0 aliphatic heterocycles. The molecule has 0 radical (unpaired) electrons. The molecular formula is C8H14N4O. The van der Waals surface area contributed by atoms with E-state index in [4.69, 9.17) is 5.73 Å². The maximum absolute atomic E-state index is 9.40. The van der Waals surface area contributed by atoms with E-state index in [0.29, 0.717) is 18.2 Å². The van der Waals surface area contributed by atoms with E-state index in [2.05, 4.69) is 15.3 Å². The molecule has 0 atom stereocenters. The van der Waals surface area contributed by atoms with Crippen molar-refractivity contribution >= 4 is 11.6 Å². The quantitative estimate of drug-likeness (QED) is 0.623. The van der Waals surface area contributed by atoms with Gasteiger partial charge in [0, 0.05) is 6.54 Å². The summed E-state index contributed by atoms with van der Waals surface area (Å²) in [7, 11) is 0. The summed E-state index contributed by atoms with van der Waals surface area (Å²) >= 11 is 0. The summed E-state index contributed by atoms with van der Waals surface area (Å²) in [5.74, 6) is 0.991. The maximum atomic E-state index is 9.40. The Morgan fingerprint density at radius 1 is 1.46 bits per heavy atom. The number of aliphatic hydroxyl groups is 1. The first kappa shape index (κ1) is 9.73. The highest BCUT2D eigenvalue weighted by Gasteiger charge is 2.11. The van der Waals surface area contributed by atoms with Crippen LogP contribution in [0.3, 0.4) is 0 Å². The predicted molar refractivity (Wildman–Crippen MR) is 51.2 cm³/mol. The minimum absolute atomic E-state index is 0.383. The average molecular weight is 182 g/mol. The Kier molecular flexibility index (Phi) is 2.67. The van der Waals surface area contributed by atoms with Gasteiger partial charge in [0.15, 0.2) is 0 Å². The van der Waals surface area contributed by atoms with E-state index in [1.165, 1.54) is 12.4 Å². The van der Waals surface area contributed by atoms with Crippen LogP contribution in [0.2, 0.25) is 0 Å². The Labute approximate surface area is 77.0 Å². The summed E-state index contributed by atoms with van der Waals surface area (Å²) in [6.07, 6.45) is 2.99. The minimum Gasteiger partial charge on any atom is -0.389 e. The van der Waals surface area contributed by atoms with Gasteiger partial charge < -0.3 is 16.2 Å². The molecule has 0 amide bonds. The molecule has 0 unspecified atom stereocenters. The summed E-state index contributed by atoms with van der Waals surface area (Å²) in [6, 6.07) is 0. The Morgan fingerprint density at radius 2 is 2.15 bits per heavy atom. The minimum atomic E-state index is -0.761. The van der Waals surface area contributed by atoms with Crippen LogP contribution in [-0.4, -0.2) is 27.2 Å². The zero-order valence-electron chi connectivity index (χ0n) is 7.78. The van der Waals surface area contributed by atoms with Gasteiger partial charge in [0.1, 0.15) is 11.6 Å². The van der Waals surface area contributed by atoms with E-state index in [9.17, 15) is 5.11 Å². The number of hydrogen-bond donors (Lipinski definition) is 3. The molecule has 0 aliphatic rings. The van der Waals surface area contributed by atoms with Gasteiger partial charge in [-0.25, -0.2) is 9.97 Å². The molecule has 4 N–H and O–H groups in total. The number of hydrogen-bond acceptors (Lipinski definition) is 5. The summed E-state index contributed by atoms with van der Waals surface area (Å²) < 4.78 is 0. The lowest BCUT2D eigenvalue weighted by atomic mass is 10.1. The van der Waals surface area contributed by atoms with E-state index in [1.54, 1.807) is 13.8 Å². The molecule has 1 rings (SSSR count). The first-order valence-corrected chi connectivity index (χ1v) is 4.01. The highest BCUT2D eigenvalue weighted by atomic mass is 16.3. The second-order valence-electron chi connectivity index (χ2n) is 3.49. The van der Waals surface area contributed by atoms with Crippen molar-refractivity contribution in [1.29, 1.82) is 0 Å². The Morgan fingerprint density at radius 3 is 2.62 bits per heavy atom. The lowest BCUT2D eigenvalue weighted by Gasteiger charge is -2.17. The van der Waals surface area contributed by atoms with Crippen molar-refractivity contribution in [3.8, 4) is 0 Å². The van der Waals surface area contributed by atoms with Crippen molar-refractivity contribution in [3.05, 3.63) is 12.4 Å². The third-order valence-electron chi connectivity index (χ3n) is 1.37. The second-order valence-corrected chi connectivity index (χ2v) is 3.49. The maximum Gasteiger partial charge on any atom is 0.144 e. The molecule has 0 saturated heterocycles. The molecule has 1 heterocycles. The number of nitrogens with one attached hydrogen (secondary N) is 1. The zero-order valence-corrected chi connectivity index (χ0v) is 7.78. The number of nitrogens with zero attached hydrogens (tertiary/aromatic N) is 2. The normalized spacial score (nSPS) is 11.3. The van der Waals surface area contributed by atoms with Gasteiger partial charge in [-0.15, -0.1) is 0 Å². The molecule has 5 heteroatoms. The SMILES string of the molecule is CC(C)(O)CNc1cnc(N)cn1. The van der Waals surface area contributed by atoms with Crippen LogP contribution in [0, 0.1) is 0 Å². The Balaban J connectivity index is 2.51. The average Bonchev–Trinajstić information content (AvgIpc) is 2.02. The van der Waals surface area contributed by atoms with Gasteiger partial charge >= 0.3 is 0 Å². The van der Waals surface area contributed by atoms with Crippen LogP contribution in [0.25, 0.3) is 0 Å². The van der Waals surface area contributed by atoms with Crippen LogP contribution in [0.5, 0.6) is 0 Å². The second kappa shape index (κ2) is 3.57. The van der Waals surface area contributed by atoms with E-state index >= 15 is 0 Å². The van der Waals surface area contributed by atoms with Crippen LogP contribution in [-0.2, 0) is 0 Å². The van der Waals surface area contributed by atoms with Crippen molar-refractivity contribution in [2.45, 2.75) is 19.4 Å². The number of nitrogens with two attached hydrogens (primary N) is 1. The van der Waals surface area contributed by atoms with Crippen molar-refractivity contribution in [3.63, 3.8) is 0 Å². The largest absolute Gasteiger partial charge is 0.389 e. The van der Waals surface area contributed by atoms with E-state index in [0.717, 1.165) is 0 Å². The zero-order chi connectivity index (χ0) is 9.90. The molecule has 0 aliphatic carbocycles. The van der Waals surface area contributed by atoms with Crippen molar-refractivity contribution in [2.24, 2.45) is 0 Å². The number of rotatable bonds is 3. The number of anilines is 2. The highest BCUT2D eigenvalue weighted by Crippen LogP contribution is 2.05. The van der Waals surface area contributed by atoms with Crippen molar-refractivity contribution in [1.82, 2.24) is 9.97 Å². The molecule has 5 nitrogen and oxygen atoms in total. The van der Waals surface area contributed by atoms with E-state index < -0.39 is 5.60 Å². The summed E-state index contributed by atoms with van der Waals surface area (Å²) in [4.78, 5) is 7.82. The fourth-order valence-corrected chi connectivity index (χ4v) is 0.736. The monoisotopic (exact) mass is 182 g/mol. The lowest BCUT2D eigenvalue weighted by Crippen LogP contribution is -2.29. The van der Waals surface area contributed by atoms with Gasteiger partial charge in [0.05, 0.1) is 18.0 Å². The topological polar surface area (TPSA) is 84.1 Å². The molecule has 0 aromatic carbocycles. The summed E-state index contributed by atoms with van der Waals surface area (Å²) in [5.41, 5.74) is 4.60. The first-order valence-electron chi connectivity index (χ1n) is 4.01. The van der Waals surface area contributed by atoms with E-state index in [1.807, 2.05) is 0 Å². The molecule has 72 valence electrons. The Hall–Kier alpha value is -1.36. The number of aromatic nitrogens is 2. The van der Waals surface area contributed by atoms with Gasteiger partial charge in [0.2, 0.25) is 0 Å². The standard InChI is InChI=1S/C8H14N4O/c1-8(2,13)5-12-7-4-10-6(9)3-11-7/h3-4,13H,5H2,1-2H3,(H2,9,10)(H,11,12). The Bertz CT molecular complexity index is 264. The van der Waals surface area contributed by atoms with Gasteiger partial charge in [-0.3, -0.25) is 0 Å². The third kappa shape index (κ3) is 3.71. The molecular weight excluding hydrogens is 168 g/mol. The lowest BCUT2D eigenvalue weighted by molar-refractivity contribution is 0.0944. The van der Waals surface area contributed by atoms with Crippen molar-refractivity contribution in [2.75, 3.05) is 17.6 Å². The smallest absolute Gasteiger partial charge is 0.144 e. The third-order valence-corrected chi connectivity index (χ3v) is 1.37. The van der Waals surface area contributed by atoms with Crippen LogP contribution >= 0.6 is 0 Å². The van der Waals surface area contributed by atoms with Crippen LogP contribution in [0.1, 0.15) is 13.8 Å². The molecule has 1 aromatic rings. The van der Waals surface area contributed by atoms with Gasteiger partial charge in [-0.1, -0.05) is 0 Å². The fraction of sp³-hybridized carbons (Fsp3) is 0.500. The molecule has 0 fully saturated rings. The molecule has 1 aromatic heterocycles. The van der Waals surface area contributed by atoms with Gasteiger partial charge in [0.25, 0.3) is 0 Å². The highest BCUT2D eigenvalue weighted by molar-refractivity contribution is 5.36. The molecule has 0 bridgehead atoms.